The van der Waals surface area contributed by atoms with Gasteiger partial charge in [0.1, 0.15) is 5.82 Å². The van der Waals surface area contributed by atoms with E-state index in [1.165, 1.54) is 31.7 Å². The van der Waals surface area contributed by atoms with Gasteiger partial charge >= 0.3 is 0 Å². The molecule has 1 aromatic carbocycles. The van der Waals surface area contributed by atoms with Gasteiger partial charge < -0.3 is 5.32 Å². The molecule has 0 aliphatic heterocycles. The summed E-state index contributed by atoms with van der Waals surface area (Å²) < 4.78 is 13.9. The molecule has 1 atom stereocenters. The van der Waals surface area contributed by atoms with E-state index >= 15 is 0 Å². The van der Waals surface area contributed by atoms with E-state index in [-0.39, 0.29) is 5.82 Å². The minimum atomic E-state index is -0.134. The molecule has 1 fully saturated rings. The molecule has 1 saturated carbocycles. The summed E-state index contributed by atoms with van der Waals surface area (Å²) >= 11 is 5.98. The first-order chi connectivity index (χ1) is 9.20. The fourth-order valence-electron chi connectivity index (χ4n) is 3.03. The lowest BCUT2D eigenvalue weighted by Crippen LogP contribution is -2.37. The summed E-state index contributed by atoms with van der Waals surface area (Å²) in [5.41, 5.74) is 0.744. The van der Waals surface area contributed by atoms with E-state index in [9.17, 15) is 4.39 Å². The molecule has 1 aromatic rings. The first-order valence-corrected chi connectivity index (χ1v) is 7.75. The molecule has 0 bridgehead atoms. The van der Waals surface area contributed by atoms with Gasteiger partial charge in [-0.2, -0.15) is 0 Å². The Bertz CT molecular complexity index is 402. The van der Waals surface area contributed by atoms with E-state index in [1.807, 2.05) is 0 Å². The molecule has 1 aliphatic carbocycles. The van der Waals surface area contributed by atoms with Crippen molar-refractivity contribution in [3.63, 3.8) is 0 Å². The topological polar surface area (TPSA) is 12.0 Å². The molecule has 106 valence electrons. The molecule has 1 aliphatic rings. The predicted octanol–water partition coefficient (Wildman–Crippen LogP) is 4.58. The Kier molecular flexibility index (Phi) is 5.65. The van der Waals surface area contributed by atoms with Crippen LogP contribution in [0, 0.1) is 11.7 Å². The molecule has 0 aromatic heterocycles. The van der Waals surface area contributed by atoms with Crippen molar-refractivity contribution in [1.82, 2.24) is 5.32 Å². The van der Waals surface area contributed by atoms with Crippen LogP contribution in [-0.2, 0) is 6.42 Å². The van der Waals surface area contributed by atoms with Crippen molar-refractivity contribution in [2.24, 2.45) is 5.92 Å². The Morgan fingerprint density at radius 1 is 1.37 bits per heavy atom. The maximum Gasteiger partial charge on any atom is 0.126 e. The van der Waals surface area contributed by atoms with Gasteiger partial charge in [-0.15, -0.1) is 0 Å². The minimum Gasteiger partial charge on any atom is -0.313 e. The van der Waals surface area contributed by atoms with E-state index in [2.05, 4.69) is 12.2 Å². The van der Waals surface area contributed by atoms with E-state index in [0.29, 0.717) is 17.0 Å². The van der Waals surface area contributed by atoms with Crippen molar-refractivity contribution in [3.05, 3.63) is 34.6 Å². The van der Waals surface area contributed by atoms with Crippen molar-refractivity contribution in [2.45, 2.75) is 51.5 Å². The maximum absolute atomic E-state index is 13.9. The number of nitrogens with one attached hydrogen (secondary N) is 1. The van der Waals surface area contributed by atoms with Crippen LogP contribution in [-0.4, -0.2) is 12.6 Å². The Morgan fingerprint density at radius 3 is 2.79 bits per heavy atom. The first kappa shape index (κ1) is 14.8. The quantitative estimate of drug-likeness (QED) is 0.806. The molecule has 1 nitrogen and oxygen atoms in total. The smallest absolute Gasteiger partial charge is 0.126 e. The van der Waals surface area contributed by atoms with Gasteiger partial charge in [-0.1, -0.05) is 31.4 Å². The van der Waals surface area contributed by atoms with Crippen molar-refractivity contribution in [2.75, 3.05) is 6.54 Å². The van der Waals surface area contributed by atoms with Gasteiger partial charge in [0.2, 0.25) is 0 Å². The number of rotatable bonds is 6. The fourth-order valence-corrected chi connectivity index (χ4v) is 3.23. The normalized spacial score (nSPS) is 17.8. The van der Waals surface area contributed by atoms with Crippen LogP contribution in [0.3, 0.4) is 0 Å². The highest BCUT2D eigenvalue weighted by atomic mass is 35.5. The Morgan fingerprint density at radius 2 is 2.11 bits per heavy atom. The highest BCUT2D eigenvalue weighted by Gasteiger charge is 2.25. The number of benzene rings is 1. The van der Waals surface area contributed by atoms with E-state index in [1.54, 1.807) is 12.1 Å². The Labute approximate surface area is 120 Å². The van der Waals surface area contributed by atoms with Gasteiger partial charge in [-0.25, -0.2) is 4.39 Å². The van der Waals surface area contributed by atoms with Crippen LogP contribution >= 0.6 is 11.6 Å². The lowest BCUT2D eigenvalue weighted by Gasteiger charge is -2.25. The molecular formula is C16H23ClFN. The Balaban J connectivity index is 2.07. The Hall–Kier alpha value is -0.600. The minimum absolute atomic E-state index is 0.134. The van der Waals surface area contributed by atoms with Crippen LogP contribution in [0.5, 0.6) is 0 Å². The zero-order valence-electron chi connectivity index (χ0n) is 11.6. The summed E-state index contributed by atoms with van der Waals surface area (Å²) in [6, 6.07) is 5.25. The second kappa shape index (κ2) is 7.25. The molecule has 2 rings (SSSR count). The summed E-state index contributed by atoms with van der Waals surface area (Å²) in [6.07, 6.45) is 7.02. The van der Waals surface area contributed by atoms with E-state index in [0.717, 1.165) is 24.9 Å². The molecule has 1 N–H and O–H groups in total. The van der Waals surface area contributed by atoms with Gasteiger partial charge in [-0.3, -0.25) is 0 Å². The largest absolute Gasteiger partial charge is 0.313 e. The van der Waals surface area contributed by atoms with E-state index < -0.39 is 0 Å². The fraction of sp³-hybridized carbons (Fsp3) is 0.625. The summed E-state index contributed by atoms with van der Waals surface area (Å²) in [5, 5.41) is 4.22. The summed E-state index contributed by atoms with van der Waals surface area (Å²) in [5.74, 6) is 0.552. The predicted molar refractivity (Wildman–Crippen MR) is 79.2 cm³/mol. The van der Waals surface area contributed by atoms with Gasteiger partial charge in [0, 0.05) is 11.1 Å². The maximum atomic E-state index is 13.9. The third-order valence-electron chi connectivity index (χ3n) is 4.07. The second-order valence-corrected chi connectivity index (χ2v) is 5.98. The molecular weight excluding hydrogens is 261 g/mol. The van der Waals surface area contributed by atoms with Crippen LogP contribution in [0.15, 0.2) is 18.2 Å². The molecule has 0 saturated heterocycles. The van der Waals surface area contributed by atoms with Crippen molar-refractivity contribution >= 4 is 11.6 Å². The lowest BCUT2D eigenvalue weighted by molar-refractivity contribution is 0.353. The molecule has 0 heterocycles. The van der Waals surface area contributed by atoms with Gasteiger partial charge in [0.25, 0.3) is 0 Å². The van der Waals surface area contributed by atoms with Crippen LogP contribution in [0.25, 0.3) is 0 Å². The summed E-state index contributed by atoms with van der Waals surface area (Å²) in [4.78, 5) is 0. The molecule has 0 amide bonds. The molecule has 0 spiro atoms. The highest BCUT2D eigenvalue weighted by Crippen LogP contribution is 2.30. The lowest BCUT2D eigenvalue weighted by atomic mass is 9.92. The van der Waals surface area contributed by atoms with Gasteiger partial charge in [0.15, 0.2) is 0 Å². The molecule has 19 heavy (non-hydrogen) atoms. The van der Waals surface area contributed by atoms with Crippen molar-refractivity contribution < 1.29 is 4.39 Å². The van der Waals surface area contributed by atoms with Crippen LogP contribution < -0.4 is 5.32 Å². The van der Waals surface area contributed by atoms with E-state index in [4.69, 9.17) is 11.6 Å². The third-order valence-corrected chi connectivity index (χ3v) is 4.31. The van der Waals surface area contributed by atoms with Crippen molar-refractivity contribution in [1.29, 1.82) is 0 Å². The zero-order chi connectivity index (χ0) is 13.7. The van der Waals surface area contributed by atoms with Crippen molar-refractivity contribution in [3.8, 4) is 0 Å². The first-order valence-electron chi connectivity index (χ1n) is 7.38. The number of halogens is 2. The summed E-state index contributed by atoms with van der Waals surface area (Å²) in [6.45, 7) is 3.17. The highest BCUT2D eigenvalue weighted by molar-refractivity contribution is 6.30. The molecule has 0 radical (unpaired) electrons. The standard InChI is InChI=1S/C16H23ClFN/c1-2-9-19-16(12-5-3-4-6-12)11-13-10-14(17)7-8-15(13)18/h7-8,10,12,16,19H,2-6,9,11H2,1H3. The van der Waals surface area contributed by atoms with Crippen LogP contribution in [0.2, 0.25) is 5.02 Å². The SMILES string of the molecule is CCCNC(Cc1cc(Cl)ccc1F)C1CCCC1. The summed E-state index contributed by atoms with van der Waals surface area (Å²) in [7, 11) is 0. The average molecular weight is 284 g/mol. The second-order valence-electron chi connectivity index (χ2n) is 5.55. The molecule has 3 heteroatoms. The number of hydrogen-bond donors (Lipinski definition) is 1. The third kappa shape index (κ3) is 4.19. The van der Waals surface area contributed by atoms with Gasteiger partial charge in [-0.05, 0) is 61.9 Å². The average Bonchev–Trinajstić information content (AvgIpc) is 2.92. The molecule has 1 unspecified atom stereocenters. The van der Waals surface area contributed by atoms with Crippen LogP contribution in [0.4, 0.5) is 4.39 Å². The van der Waals surface area contributed by atoms with Crippen LogP contribution in [0.1, 0.15) is 44.6 Å². The monoisotopic (exact) mass is 283 g/mol. The number of hydrogen-bond acceptors (Lipinski definition) is 1. The van der Waals surface area contributed by atoms with Gasteiger partial charge in [0.05, 0.1) is 0 Å². The zero-order valence-corrected chi connectivity index (χ0v) is 12.3.